The molecule has 2 heterocycles. The third-order valence-corrected chi connectivity index (χ3v) is 2.48. The molecule has 1 atom stereocenters. The smallest absolute Gasteiger partial charge is 0.308 e. The molecular weight excluding hydrogens is 204 g/mol. The number of esters is 1. The summed E-state index contributed by atoms with van der Waals surface area (Å²) < 4.78 is 15.7. The molecule has 76 valence electrons. The first-order valence-corrected chi connectivity index (χ1v) is 5.29. The Morgan fingerprint density at radius 3 is 3.21 bits per heavy atom. The number of ether oxygens (including phenoxy) is 3. The van der Waals surface area contributed by atoms with E-state index in [0.29, 0.717) is 12.2 Å². The molecule has 1 aromatic heterocycles. The summed E-state index contributed by atoms with van der Waals surface area (Å²) in [7, 11) is 0. The van der Waals surface area contributed by atoms with Crippen LogP contribution < -0.4 is 9.47 Å². The maximum Gasteiger partial charge on any atom is 0.308 e. The minimum absolute atomic E-state index is 0.259. The highest BCUT2D eigenvalue weighted by molar-refractivity contribution is 7.08. The molecule has 1 unspecified atom stereocenters. The fourth-order valence-corrected chi connectivity index (χ4v) is 1.76. The second kappa shape index (κ2) is 3.88. The number of carbonyl (C=O) groups excluding carboxylic acids is 1. The van der Waals surface area contributed by atoms with Gasteiger partial charge in [0.2, 0.25) is 0 Å². The average Bonchev–Trinajstić information content (AvgIpc) is 2.64. The van der Waals surface area contributed by atoms with Crippen LogP contribution in [0.2, 0.25) is 0 Å². The molecule has 0 saturated heterocycles. The molecule has 4 nitrogen and oxygen atoms in total. The maximum absolute atomic E-state index is 11.0. The molecule has 0 amide bonds. The number of carbonyl (C=O) groups is 1. The lowest BCUT2D eigenvalue weighted by Crippen LogP contribution is -2.33. The van der Waals surface area contributed by atoms with Crippen LogP contribution in [0, 0.1) is 0 Å². The lowest BCUT2D eigenvalue weighted by molar-refractivity contribution is -0.170. The fourth-order valence-electron chi connectivity index (χ4n) is 1.09. The van der Waals surface area contributed by atoms with Crippen LogP contribution in [0.5, 0.6) is 11.5 Å². The van der Waals surface area contributed by atoms with Crippen molar-refractivity contribution in [3.63, 3.8) is 0 Å². The highest BCUT2D eigenvalue weighted by atomic mass is 32.1. The first kappa shape index (κ1) is 9.33. The fraction of sp³-hybridized carbons (Fsp3) is 0.444. The van der Waals surface area contributed by atoms with E-state index in [4.69, 9.17) is 14.2 Å². The van der Waals surface area contributed by atoms with E-state index < -0.39 is 6.29 Å². The van der Waals surface area contributed by atoms with E-state index in [2.05, 4.69) is 0 Å². The number of hydrogen-bond donors (Lipinski definition) is 0. The molecule has 0 fully saturated rings. The van der Waals surface area contributed by atoms with Crippen LogP contribution in [0.15, 0.2) is 10.8 Å². The Balaban J connectivity index is 1.97. The predicted molar refractivity (Wildman–Crippen MR) is 50.6 cm³/mol. The normalized spacial score (nSPS) is 19.1. The van der Waals surface area contributed by atoms with E-state index in [9.17, 15) is 4.79 Å². The molecular formula is C9H10O4S. The topological polar surface area (TPSA) is 44.8 Å². The second-order valence-electron chi connectivity index (χ2n) is 2.80. The summed E-state index contributed by atoms with van der Waals surface area (Å²) in [6.45, 7) is 2.00. The first-order chi connectivity index (χ1) is 6.79. The molecule has 0 N–H and O–H groups in total. The molecule has 0 spiro atoms. The van der Waals surface area contributed by atoms with E-state index in [1.54, 1.807) is 6.92 Å². The molecule has 1 aliphatic rings. The molecule has 0 saturated carbocycles. The summed E-state index contributed by atoms with van der Waals surface area (Å²) in [5.74, 6) is 1.09. The van der Waals surface area contributed by atoms with Gasteiger partial charge in [0.05, 0.1) is 0 Å². The van der Waals surface area contributed by atoms with Crippen molar-refractivity contribution in [2.24, 2.45) is 0 Å². The van der Waals surface area contributed by atoms with Crippen LogP contribution >= 0.6 is 11.3 Å². The molecule has 0 aromatic carbocycles. The standard InChI is InChI=1S/C9H10O4S/c1-2-8(10)13-9-3-11-6-4-14-5-7(6)12-9/h4-5,9H,2-3H2,1H3. The van der Waals surface area contributed by atoms with Crippen molar-refractivity contribution in [2.45, 2.75) is 19.6 Å². The Bertz CT molecular complexity index is 333. The van der Waals surface area contributed by atoms with E-state index in [1.807, 2.05) is 10.8 Å². The van der Waals surface area contributed by atoms with Gasteiger partial charge in [0.25, 0.3) is 6.29 Å². The molecule has 2 rings (SSSR count). The van der Waals surface area contributed by atoms with Gasteiger partial charge < -0.3 is 14.2 Å². The molecule has 5 heteroatoms. The van der Waals surface area contributed by atoms with Gasteiger partial charge in [-0.15, -0.1) is 11.3 Å². The summed E-state index contributed by atoms with van der Waals surface area (Å²) in [4.78, 5) is 11.0. The summed E-state index contributed by atoms with van der Waals surface area (Å²) >= 11 is 1.49. The number of thiophene rings is 1. The Morgan fingerprint density at radius 2 is 2.43 bits per heavy atom. The number of rotatable bonds is 2. The third kappa shape index (κ3) is 1.82. The van der Waals surface area contributed by atoms with Gasteiger partial charge in [-0.25, -0.2) is 0 Å². The van der Waals surface area contributed by atoms with Crippen LogP contribution in [0.4, 0.5) is 0 Å². The van der Waals surface area contributed by atoms with Crippen molar-refractivity contribution in [1.82, 2.24) is 0 Å². The zero-order chi connectivity index (χ0) is 9.97. The molecule has 1 aliphatic heterocycles. The van der Waals surface area contributed by atoms with Gasteiger partial charge in [0, 0.05) is 17.2 Å². The Hall–Kier alpha value is -1.23. The number of fused-ring (bicyclic) bond motifs is 1. The van der Waals surface area contributed by atoms with Crippen molar-refractivity contribution in [1.29, 1.82) is 0 Å². The second-order valence-corrected chi connectivity index (χ2v) is 3.55. The van der Waals surface area contributed by atoms with Gasteiger partial charge in [-0.1, -0.05) is 6.92 Å². The molecule has 1 aromatic rings. The molecule has 0 bridgehead atoms. The average molecular weight is 214 g/mol. The first-order valence-electron chi connectivity index (χ1n) is 4.34. The SMILES string of the molecule is CCC(=O)OC1COc2cscc2O1. The molecule has 0 aliphatic carbocycles. The van der Waals surface area contributed by atoms with Gasteiger partial charge in [-0.05, 0) is 0 Å². The monoisotopic (exact) mass is 214 g/mol. The highest BCUT2D eigenvalue weighted by Gasteiger charge is 2.24. The van der Waals surface area contributed by atoms with Crippen molar-refractivity contribution < 1.29 is 19.0 Å². The van der Waals surface area contributed by atoms with Crippen LogP contribution in [-0.2, 0) is 9.53 Å². The summed E-state index contributed by atoms with van der Waals surface area (Å²) in [6, 6.07) is 0. The van der Waals surface area contributed by atoms with Gasteiger partial charge in [-0.3, -0.25) is 4.79 Å². The third-order valence-electron chi connectivity index (χ3n) is 1.78. The minimum atomic E-state index is -0.607. The van der Waals surface area contributed by atoms with Crippen LogP contribution in [0.1, 0.15) is 13.3 Å². The van der Waals surface area contributed by atoms with Crippen molar-refractivity contribution in [2.75, 3.05) is 6.61 Å². The van der Waals surface area contributed by atoms with Gasteiger partial charge >= 0.3 is 5.97 Å². The van der Waals surface area contributed by atoms with Gasteiger partial charge in [-0.2, -0.15) is 0 Å². The molecule has 14 heavy (non-hydrogen) atoms. The van der Waals surface area contributed by atoms with E-state index >= 15 is 0 Å². The lowest BCUT2D eigenvalue weighted by atomic mass is 10.4. The van der Waals surface area contributed by atoms with E-state index in [0.717, 1.165) is 5.75 Å². The van der Waals surface area contributed by atoms with Gasteiger partial charge in [0.15, 0.2) is 18.1 Å². The summed E-state index contributed by atoms with van der Waals surface area (Å²) in [6.07, 6.45) is -0.263. The quantitative estimate of drug-likeness (QED) is 0.704. The van der Waals surface area contributed by atoms with Crippen molar-refractivity contribution >= 4 is 17.3 Å². The summed E-state index contributed by atoms with van der Waals surface area (Å²) in [5.41, 5.74) is 0. The van der Waals surface area contributed by atoms with Crippen molar-refractivity contribution in [3.05, 3.63) is 10.8 Å². The maximum atomic E-state index is 11.0. The van der Waals surface area contributed by atoms with Crippen LogP contribution in [-0.4, -0.2) is 18.9 Å². The van der Waals surface area contributed by atoms with Gasteiger partial charge in [0.1, 0.15) is 0 Å². The zero-order valence-electron chi connectivity index (χ0n) is 7.69. The van der Waals surface area contributed by atoms with E-state index in [1.165, 1.54) is 11.3 Å². The predicted octanol–water partition coefficient (Wildman–Crippen LogP) is 1.80. The van der Waals surface area contributed by atoms with E-state index in [-0.39, 0.29) is 12.6 Å². The minimum Gasteiger partial charge on any atom is -0.481 e. The Kier molecular flexibility index (Phi) is 2.58. The Labute approximate surface area is 85.4 Å². The Morgan fingerprint density at radius 1 is 1.64 bits per heavy atom. The summed E-state index contributed by atoms with van der Waals surface area (Å²) in [5, 5.41) is 3.68. The lowest BCUT2D eigenvalue weighted by Gasteiger charge is -2.23. The number of hydrogen-bond acceptors (Lipinski definition) is 5. The highest BCUT2D eigenvalue weighted by Crippen LogP contribution is 2.35. The molecule has 0 radical (unpaired) electrons. The van der Waals surface area contributed by atoms with Crippen molar-refractivity contribution in [3.8, 4) is 11.5 Å². The largest absolute Gasteiger partial charge is 0.481 e. The van der Waals surface area contributed by atoms with Crippen LogP contribution in [0.25, 0.3) is 0 Å². The zero-order valence-corrected chi connectivity index (χ0v) is 8.50. The van der Waals surface area contributed by atoms with Crippen LogP contribution in [0.3, 0.4) is 0 Å².